The smallest absolute Gasteiger partial charge is 0.263 e. The van der Waals surface area contributed by atoms with Crippen LogP contribution >= 0.6 is 0 Å². The van der Waals surface area contributed by atoms with Crippen LogP contribution in [0.5, 0.6) is 5.75 Å². The van der Waals surface area contributed by atoms with Gasteiger partial charge >= 0.3 is 0 Å². The van der Waals surface area contributed by atoms with E-state index in [1.165, 1.54) is 10.6 Å². The Balaban J connectivity index is 1.15. The van der Waals surface area contributed by atoms with Gasteiger partial charge in [0.2, 0.25) is 0 Å². The van der Waals surface area contributed by atoms with Crippen molar-refractivity contribution in [2.75, 3.05) is 25.1 Å². The zero-order chi connectivity index (χ0) is 27.0. The SMILES string of the molecule is N#Cc1cnc2ccc(=O)n(CCO)c2c1CCC12CCC(NCc3ccc4c(n3)NC(=O)CO4)(CC1)CO2. The van der Waals surface area contributed by atoms with Crippen molar-refractivity contribution >= 4 is 22.8 Å². The molecule has 0 radical (unpaired) electrons. The number of aliphatic hydroxyl groups excluding tert-OH is 1. The third-order valence-electron chi connectivity index (χ3n) is 8.33. The summed E-state index contributed by atoms with van der Waals surface area (Å²) in [6.07, 6.45) is 6.54. The van der Waals surface area contributed by atoms with E-state index in [4.69, 9.17) is 9.47 Å². The summed E-state index contributed by atoms with van der Waals surface area (Å²) in [6, 6.07) is 9.09. The van der Waals surface area contributed by atoms with Crippen molar-refractivity contribution in [2.24, 2.45) is 0 Å². The van der Waals surface area contributed by atoms with E-state index in [1.807, 2.05) is 12.1 Å². The maximum Gasteiger partial charge on any atom is 0.263 e. The summed E-state index contributed by atoms with van der Waals surface area (Å²) in [6.45, 7) is 1.10. The first kappa shape index (κ1) is 25.4. The van der Waals surface area contributed by atoms with Gasteiger partial charge in [-0.25, -0.2) is 4.98 Å². The molecule has 4 aliphatic rings. The number of aliphatic hydroxyl groups is 1. The molecule has 11 heteroatoms. The topological polar surface area (TPSA) is 151 Å². The molecule has 6 heterocycles. The fourth-order valence-corrected chi connectivity index (χ4v) is 6.05. The van der Waals surface area contributed by atoms with Crippen LogP contribution in [0.15, 0.2) is 35.3 Å². The minimum absolute atomic E-state index is 0.00598. The first-order chi connectivity index (χ1) is 18.9. The summed E-state index contributed by atoms with van der Waals surface area (Å²) >= 11 is 0. The lowest BCUT2D eigenvalue weighted by Gasteiger charge is -2.53. The molecule has 39 heavy (non-hydrogen) atoms. The fraction of sp³-hybridized carbons (Fsp3) is 0.464. The summed E-state index contributed by atoms with van der Waals surface area (Å²) < 4.78 is 13.4. The zero-order valence-corrected chi connectivity index (χ0v) is 21.5. The number of hydrogen-bond donors (Lipinski definition) is 3. The average molecular weight is 531 g/mol. The van der Waals surface area contributed by atoms with Crippen LogP contribution in [0.4, 0.5) is 5.82 Å². The van der Waals surface area contributed by atoms with Gasteiger partial charge in [0.05, 0.1) is 41.1 Å². The van der Waals surface area contributed by atoms with Crippen LogP contribution in [-0.4, -0.2) is 56.5 Å². The van der Waals surface area contributed by atoms with E-state index in [1.54, 1.807) is 12.3 Å². The van der Waals surface area contributed by atoms with Crippen molar-refractivity contribution in [3.05, 3.63) is 57.6 Å². The predicted octanol–water partition coefficient (Wildman–Crippen LogP) is 1.79. The van der Waals surface area contributed by atoms with Crippen LogP contribution in [-0.2, 0) is 29.0 Å². The molecule has 7 rings (SSSR count). The molecule has 2 bridgehead atoms. The van der Waals surface area contributed by atoms with Gasteiger partial charge in [-0.05, 0) is 62.3 Å². The van der Waals surface area contributed by atoms with Crippen molar-refractivity contribution in [1.82, 2.24) is 19.9 Å². The average Bonchev–Trinajstić information content (AvgIpc) is 2.97. The Hall–Kier alpha value is -3.85. The Morgan fingerprint density at radius 3 is 2.77 bits per heavy atom. The van der Waals surface area contributed by atoms with Crippen molar-refractivity contribution in [2.45, 2.75) is 62.8 Å². The number of aromatic nitrogens is 3. The Labute approximate surface area is 224 Å². The summed E-state index contributed by atoms with van der Waals surface area (Å²) in [7, 11) is 0. The van der Waals surface area contributed by atoms with E-state index in [9.17, 15) is 20.0 Å². The molecule has 1 saturated carbocycles. The molecular weight excluding hydrogens is 500 g/mol. The highest BCUT2D eigenvalue weighted by molar-refractivity contribution is 5.94. The predicted molar refractivity (Wildman–Crippen MR) is 141 cm³/mol. The molecule has 0 aromatic carbocycles. The number of amides is 1. The van der Waals surface area contributed by atoms with Crippen molar-refractivity contribution in [3.8, 4) is 11.8 Å². The minimum atomic E-state index is -0.283. The molecule has 202 valence electrons. The molecule has 0 unspecified atom stereocenters. The molecule has 3 aliphatic heterocycles. The summed E-state index contributed by atoms with van der Waals surface area (Å²) in [5, 5.41) is 25.8. The lowest BCUT2D eigenvalue weighted by molar-refractivity contribution is -0.165. The lowest BCUT2D eigenvalue weighted by atomic mass is 9.69. The number of nitriles is 1. The number of carbonyl (C=O) groups excluding carboxylic acids is 1. The van der Waals surface area contributed by atoms with Crippen molar-refractivity contribution < 1.29 is 19.4 Å². The number of hydrogen-bond acceptors (Lipinski definition) is 9. The molecule has 0 atom stereocenters. The first-order valence-corrected chi connectivity index (χ1v) is 13.3. The van der Waals surface area contributed by atoms with Gasteiger partial charge in [-0.3, -0.25) is 14.6 Å². The third kappa shape index (κ3) is 4.76. The highest BCUT2D eigenvalue weighted by atomic mass is 16.5. The Morgan fingerprint density at radius 1 is 1.18 bits per heavy atom. The van der Waals surface area contributed by atoms with Gasteiger partial charge in [0, 0.05) is 30.9 Å². The lowest BCUT2D eigenvalue weighted by Crippen LogP contribution is -2.61. The third-order valence-corrected chi connectivity index (χ3v) is 8.33. The molecule has 3 fully saturated rings. The Kier molecular flexibility index (Phi) is 6.54. The van der Waals surface area contributed by atoms with E-state index in [0.717, 1.165) is 43.4 Å². The van der Waals surface area contributed by atoms with E-state index >= 15 is 0 Å². The molecule has 11 nitrogen and oxygen atoms in total. The quantitative estimate of drug-likeness (QED) is 0.396. The van der Waals surface area contributed by atoms with Crippen LogP contribution in [0.25, 0.3) is 11.0 Å². The maximum atomic E-state index is 12.6. The zero-order valence-electron chi connectivity index (χ0n) is 21.5. The molecular formula is C28H30N6O5. The number of nitrogens with zero attached hydrogens (tertiary/aromatic N) is 4. The van der Waals surface area contributed by atoms with Gasteiger partial charge in [-0.1, -0.05) is 0 Å². The number of aryl methyl sites for hydroxylation is 1. The van der Waals surface area contributed by atoms with Crippen LogP contribution in [0.2, 0.25) is 0 Å². The molecule has 3 N–H and O–H groups in total. The van der Waals surface area contributed by atoms with Gasteiger partial charge in [-0.2, -0.15) is 5.26 Å². The number of carbonyl (C=O) groups is 1. The van der Waals surface area contributed by atoms with E-state index in [0.29, 0.717) is 47.7 Å². The molecule has 2 saturated heterocycles. The summed E-state index contributed by atoms with van der Waals surface area (Å²) in [5.74, 6) is 0.826. The number of rotatable bonds is 8. The van der Waals surface area contributed by atoms with E-state index in [-0.39, 0.29) is 42.4 Å². The fourth-order valence-electron chi connectivity index (χ4n) is 6.05. The van der Waals surface area contributed by atoms with Crippen LogP contribution in [0.1, 0.15) is 48.9 Å². The number of nitrogens with one attached hydrogen (secondary N) is 2. The number of pyridine rings is 3. The minimum Gasteiger partial charge on any atom is -0.480 e. The second-order valence-electron chi connectivity index (χ2n) is 10.6. The van der Waals surface area contributed by atoms with E-state index < -0.39 is 0 Å². The molecule has 1 aliphatic carbocycles. The molecule has 1 amide bonds. The summed E-state index contributed by atoms with van der Waals surface area (Å²) in [5.41, 5.74) is 2.65. The standard InChI is InChI=1S/C28H30N6O5/c29-13-18-14-30-21-2-4-24(37)34(11-12-35)25(21)20(18)5-6-28-9-7-27(8-10-28,17-39-28)31-15-19-1-3-22-26(32-19)33-23(36)16-38-22/h1-4,14,31,35H,5-12,15-17H2,(H,32,33,36). The summed E-state index contributed by atoms with van der Waals surface area (Å²) in [4.78, 5) is 33.1. The van der Waals surface area contributed by atoms with Gasteiger partial charge in [0.1, 0.15) is 6.07 Å². The van der Waals surface area contributed by atoms with Crippen LogP contribution in [0, 0.1) is 11.3 Å². The van der Waals surface area contributed by atoms with Gasteiger partial charge < -0.3 is 29.8 Å². The maximum absolute atomic E-state index is 12.6. The number of fused-ring (bicyclic) bond motifs is 5. The highest BCUT2D eigenvalue weighted by Crippen LogP contribution is 2.46. The first-order valence-electron chi connectivity index (χ1n) is 13.3. The Bertz CT molecular complexity index is 1520. The second-order valence-corrected chi connectivity index (χ2v) is 10.6. The van der Waals surface area contributed by atoms with Crippen molar-refractivity contribution in [1.29, 1.82) is 5.26 Å². The monoisotopic (exact) mass is 530 g/mol. The van der Waals surface area contributed by atoms with Gasteiger partial charge in [0.25, 0.3) is 11.5 Å². The second kappa shape index (κ2) is 10.0. The van der Waals surface area contributed by atoms with Gasteiger partial charge in [-0.15, -0.1) is 0 Å². The highest BCUT2D eigenvalue weighted by Gasteiger charge is 2.49. The Morgan fingerprint density at radius 2 is 2.03 bits per heavy atom. The largest absolute Gasteiger partial charge is 0.480 e. The van der Waals surface area contributed by atoms with Crippen LogP contribution in [0.3, 0.4) is 0 Å². The molecule has 3 aromatic rings. The molecule has 3 aromatic heterocycles. The van der Waals surface area contributed by atoms with Crippen molar-refractivity contribution in [3.63, 3.8) is 0 Å². The molecule has 0 spiro atoms. The normalized spacial score (nSPS) is 23.6. The van der Waals surface area contributed by atoms with Crippen LogP contribution < -0.4 is 20.9 Å². The number of ether oxygens (including phenoxy) is 2. The van der Waals surface area contributed by atoms with E-state index in [2.05, 4.69) is 26.7 Å². The van der Waals surface area contributed by atoms with Gasteiger partial charge in [0.15, 0.2) is 18.2 Å². The number of anilines is 1.